The smallest absolute Gasteiger partial charge is 0.0453 e. The summed E-state index contributed by atoms with van der Waals surface area (Å²) >= 11 is 6.39. The monoisotopic (exact) mass is 292 g/mol. The van der Waals surface area contributed by atoms with Crippen LogP contribution in [-0.4, -0.2) is 29.6 Å². The van der Waals surface area contributed by atoms with Crippen LogP contribution in [0.5, 0.6) is 0 Å². The van der Waals surface area contributed by atoms with E-state index in [1.165, 1.54) is 31.2 Å². The molecule has 1 aliphatic carbocycles. The van der Waals surface area contributed by atoms with Gasteiger partial charge in [0.05, 0.1) is 0 Å². The number of halogens is 1. The molecule has 2 fully saturated rings. The molecule has 1 saturated heterocycles. The minimum absolute atomic E-state index is 0.363. The third-order valence-corrected chi connectivity index (χ3v) is 5.58. The van der Waals surface area contributed by atoms with Gasteiger partial charge in [0.1, 0.15) is 0 Å². The largest absolute Gasteiger partial charge is 0.308 e. The Morgan fingerprint density at radius 2 is 2.00 bits per heavy atom. The average Bonchev–Trinajstić information content (AvgIpc) is 2.90. The first-order valence-corrected chi connectivity index (χ1v) is 8.24. The summed E-state index contributed by atoms with van der Waals surface area (Å²) in [5, 5.41) is 4.72. The Hall–Kier alpha value is -0.570. The topological polar surface area (TPSA) is 15.3 Å². The second-order valence-electron chi connectivity index (χ2n) is 6.59. The van der Waals surface area contributed by atoms with Gasteiger partial charge in [-0.05, 0) is 38.3 Å². The van der Waals surface area contributed by atoms with Crippen molar-refractivity contribution in [2.45, 2.75) is 57.2 Å². The van der Waals surface area contributed by atoms with Crippen LogP contribution in [0.1, 0.15) is 51.1 Å². The van der Waals surface area contributed by atoms with Gasteiger partial charge < -0.3 is 5.32 Å². The van der Waals surface area contributed by atoms with E-state index >= 15 is 0 Å². The van der Waals surface area contributed by atoms with Crippen LogP contribution < -0.4 is 5.32 Å². The molecule has 110 valence electrons. The molecule has 2 unspecified atom stereocenters. The van der Waals surface area contributed by atoms with Crippen molar-refractivity contribution in [1.29, 1.82) is 0 Å². The van der Waals surface area contributed by atoms with E-state index in [1.54, 1.807) is 0 Å². The second kappa shape index (κ2) is 5.67. The second-order valence-corrected chi connectivity index (χ2v) is 6.99. The number of nitrogens with zero attached hydrogens (tertiary/aromatic N) is 1. The Bertz CT molecular complexity index is 468. The lowest BCUT2D eigenvalue weighted by Crippen LogP contribution is -2.62. The van der Waals surface area contributed by atoms with E-state index in [2.05, 4.69) is 36.2 Å². The van der Waals surface area contributed by atoms with Crippen molar-refractivity contribution in [2.24, 2.45) is 0 Å². The summed E-state index contributed by atoms with van der Waals surface area (Å²) < 4.78 is 0. The molecule has 1 aromatic rings. The predicted octanol–water partition coefficient (Wildman–Crippen LogP) is 4.01. The SMILES string of the molecule is CC1CNC2(CCCC2)CN1C(C)c1ccccc1Cl. The molecule has 2 aliphatic rings. The molecule has 0 amide bonds. The van der Waals surface area contributed by atoms with Gasteiger partial charge in [-0.3, -0.25) is 4.90 Å². The third kappa shape index (κ3) is 2.61. The van der Waals surface area contributed by atoms with Crippen LogP contribution in [-0.2, 0) is 0 Å². The Morgan fingerprint density at radius 3 is 2.70 bits per heavy atom. The van der Waals surface area contributed by atoms with Gasteiger partial charge in [-0.15, -0.1) is 0 Å². The van der Waals surface area contributed by atoms with Crippen molar-refractivity contribution in [2.75, 3.05) is 13.1 Å². The molecular formula is C17H25ClN2. The zero-order chi connectivity index (χ0) is 14.2. The maximum atomic E-state index is 6.39. The van der Waals surface area contributed by atoms with E-state index in [4.69, 9.17) is 11.6 Å². The molecule has 0 bridgehead atoms. The van der Waals surface area contributed by atoms with Gasteiger partial charge >= 0.3 is 0 Å². The van der Waals surface area contributed by atoms with Crippen LogP contribution >= 0.6 is 11.6 Å². The summed E-state index contributed by atoms with van der Waals surface area (Å²) in [7, 11) is 0. The minimum atomic E-state index is 0.363. The van der Waals surface area contributed by atoms with E-state index in [1.807, 2.05) is 12.1 Å². The molecule has 1 aromatic carbocycles. The van der Waals surface area contributed by atoms with Gasteiger partial charge in [-0.1, -0.05) is 42.6 Å². The number of benzene rings is 1. The highest BCUT2D eigenvalue weighted by Gasteiger charge is 2.41. The van der Waals surface area contributed by atoms with Gasteiger partial charge in [0.15, 0.2) is 0 Å². The van der Waals surface area contributed by atoms with Crippen molar-refractivity contribution in [3.05, 3.63) is 34.9 Å². The first kappa shape index (κ1) is 14.4. The van der Waals surface area contributed by atoms with E-state index in [0.29, 0.717) is 17.6 Å². The van der Waals surface area contributed by atoms with Crippen LogP contribution in [0.25, 0.3) is 0 Å². The molecule has 0 radical (unpaired) electrons. The molecule has 1 N–H and O–H groups in total. The van der Waals surface area contributed by atoms with Crippen molar-refractivity contribution in [1.82, 2.24) is 10.2 Å². The van der Waals surface area contributed by atoms with Gasteiger partial charge in [0.25, 0.3) is 0 Å². The van der Waals surface area contributed by atoms with Crippen LogP contribution in [0.2, 0.25) is 5.02 Å². The molecule has 3 heteroatoms. The Morgan fingerprint density at radius 1 is 1.30 bits per heavy atom. The predicted molar refractivity (Wildman–Crippen MR) is 85.2 cm³/mol. The molecule has 1 saturated carbocycles. The molecular weight excluding hydrogens is 268 g/mol. The van der Waals surface area contributed by atoms with Crippen LogP contribution in [0.3, 0.4) is 0 Å². The zero-order valence-electron chi connectivity index (χ0n) is 12.5. The summed E-state index contributed by atoms with van der Waals surface area (Å²) in [4.78, 5) is 2.64. The van der Waals surface area contributed by atoms with Crippen LogP contribution in [0.15, 0.2) is 24.3 Å². The lowest BCUT2D eigenvalue weighted by molar-refractivity contribution is 0.0564. The molecule has 1 heterocycles. The van der Waals surface area contributed by atoms with Crippen molar-refractivity contribution in [3.8, 4) is 0 Å². The Kier molecular flexibility index (Phi) is 4.07. The Balaban J connectivity index is 1.82. The first-order valence-electron chi connectivity index (χ1n) is 7.86. The maximum Gasteiger partial charge on any atom is 0.0453 e. The zero-order valence-corrected chi connectivity index (χ0v) is 13.3. The fourth-order valence-corrected chi connectivity index (χ4v) is 4.23. The molecule has 2 nitrogen and oxygen atoms in total. The van der Waals surface area contributed by atoms with Gasteiger partial charge in [-0.2, -0.15) is 0 Å². The van der Waals surface area contributed by atoms with E-state index < -0.39 is 0 Å². The summed E-state index contributed by atoms with van der Waals surface area (Å²) in [5.74, 6) is 0. The highest BCUT2D eigenvalue weighted by Crippen LogP contribution is 2.37. The molecule has 20 heavy (non-hydrogen) atoms. The minimum Gasteiger partial charge on any atom is -0.308 e. The molecule has 0 aromatic heterocycles. The Labute approximate surface area is 127 Å². The lowest BCUT2D eigenvalue weighted by Gasteiger charge is -2.48. The highest BCUT2D eigenvalue weighted by atomic mass is 35.5. The fourth-order valence-electron chi connectivity index (χ4n) is 3.94. The molecule has 2 atom stereocenters. The van der Waals surface area contributed by atoms with Crippen molar-refractivity contribution >= 4 is 11.6 Å². The average molecular weight is 293 g/mol. The normalized spacial score (nSPS) is 27.9. The quantitative estimate of drug-likeness (QED) is 0.886. The summed E-state index contributed by atoms with van der Waals surface area (Å²) in [6, 6.07) is 9.23. The number of piperazine rings is 1. The fraction of sp³-hybridized carbons (Fsp3) is 0.647. The third-order valence-electron chi connectivity index (χ3n) is 5.24. The van der Waals surface area contributed by atoms with Crippen LogP contribution in [0, 0.1) is 0 Å². The standard InChI is InChI=1S/C17H25ClN2/c1-13-11-19-17(9-5-6-10-17)12-20(13)14(2)15-7-3-4-8-16(15)18/h3-4,7-8,13-14,19H,5-6,9-12H2,1-2H3. The number of hydrogen-bond acceptors (Lipinski definition) is 2. The highest BCUT2D eigenvalue weighted by molar-refractivity contribution is 6.31. The number of nitrogens with one attached hydrogen (secondary N) is 1. The van der Waals surface area contributed by atoms with E-state index in [0.717, 1.165) is 18.1 Å². The molecule has 1 aliphatic heterocycles. The molecule has 3 rings (SSSR count). The lowest BCUT2D eigenvalue weighted by atomic mass is 9.90. The van der Waals surface area contributed by atoms with Gasteiger partial charge in [-0.25, -0.2) is 0 Å². The van der Waals surface area contributed by atoms with Crippen LogP contribution in [0.4, 0.5) is 0 Å². The van der Waals surface area contributed by atoms with E-state index in [9.17, 15) is 0 Å². The summed E-state index contributed by atoms with van der Waals surface area (Å²) in [6.07, 6.45) is 5.39. The summed E-state index contributed by atoms with van der Waals surface area (Å²) in [5.41, 5.74) is 1.62. The van der Waals surface area contributed by atoms with E-state index in [-0.39, 0.29) is 0 Å². The maximum absolute atomic E-state index is 6.39. The number of rotatable bonds is 2. The first-order chi connectivity index (χ1) is 9.61. The molecule has 1 spiro atoms. The van der Waals surface area contributed by atoms with Gasteiger partial charge in [0, 0.05) is 35.7 Å². The van der Waals surface area contributed by atoms with Crippen molar-refractivity contribution < 1.29 is 0 Å². The summed E-state index contributed by atoms with van der Waals surface area (Å²) in [6.45, 7) is 6.86. The number of hydrogen-bond donors (Lipinski definition) is 1. The van der Waals surface area contributed by atoms with Crippen molar-refractivity contribution in [3.63, 3.8) is 0 Å². The van der Waals surface area contributed by atoms with Gasteiger partial charge in [0.2, 0.25) is 0 Å².